The van der Waals surface area contributed by atoms with Crippen molar-refractivity contribution >= 4 is 11.7 Å². The number of hydrogen-bond acceptors (Lipinski definition) is 4. The summed E-state index contributed by atoms with van der Waals surface area (Å²) in [7, 11) is 3.47. The summed E-state index contributed by atoms with van der Waals surface area (Å²) in [6.07, 6.45) is 3.44. The van der Waals surface area contributed by atoms with Crippen molar-refractivity contribution in [3.63, 3.8) is 0 Å². The molecule has 0 spiro atoms. The van der Waals surface area contributed by atoms with Gasteiger partial charge in [0.2, 0.25) is 0 Å². The van der Waals surface area contributed by atoms with Crippen molar-refractivity contribution in [2.45, 2.75) is 25.7 Å². The standard InChI is InChI=1S/C15H21NO3/c1-16(9-3-6-15(17)18-2)13-7-8-14-12(11-13)5-4-10-19-14/h7-8,11H,3-6,9-10H2,1-2H3. The van der Waals surface area contributed by atoms with Crippen molar-refractivity contribution in [1.29, 1.82) is 0 Å². The van der Waals surface area contributed by atoms with Gasteiger partial charge in [0, 0.05) is 25.7 Å². The van der Waals surface area contributed by atoms with Crippen LogP contribution in [0.4, 0.5) is 5.69 Å². The van der Waals surface area contributed by atoms with Crippen LogP contribution in [0.2, 0.25) is 0 Å². The molecule has 0 saturated heterocycles. The molecule has 4 nitrogen and oxygen atoms in total. The first kappa shape index (κ1) is 13.7. The quantitative estimate of drug-likeness (QED) is 0.765. The van der Waals surface area contributed by atoms with E-state index in [1.165, 1.54) is 18.4 Å². The van der Waals surface area contributed by atoms with E-state index < -0.39 is 0 Å². The monoisotopic (exact) mass is 263 g/mol. The van der Waals surface area contributed by atoms with E-state index in [4.69, 9.17) is 4.74 Å². The van der Waals surface area contributed by atoms with Crippen molar-refractivity contribution < 1.29 is 14.3 Å². The number of ether oxygens (including phenoxy) is 2. The van der Waals surface area contributed by atoms with Gasteiger partial charge in [-0.15, -0.1) is 0 Å². The molecule has 104 valence electrons. The highest BCUT2D eigenvalue weighted by Crippen LogP contribution is 2.28. The minimum atomic E-state index is -0.146. The third kappa shape index (κ3) is 3.63. The zero-order valence-corrected chi connectivity index (χ0v) is 11.6. The number of hydrogen-bond donors (Lipinski definition) is 0. The van der Waals surface area contributed by atoms with Crippen molar-refractivity contribution in [2.24, 2.45) is 0 Å². The number of fused-ring (bicyclic) bond motifs is 1. The van der Waals surface area contributed by atoms with Crippen LogP contribution in [0.5, 0.6) is 5.75 Å². The van der Waals surface area contributed by atoms with Gasteiger partial charge >= 0.3 is 5.97 Å². The lowest BCUT2D eigenvalue weighted by atomic mass is 10.1. The largest absolute Gasteiger partial charge is 0.493 e. The zero-order chi connectivity index (χ0) is 13.7. The highest BCUT2D eigenvalue weighted by molar-refractivity contribution is 5.69. The van der Waals surface area contributed by atoms with E-state index in [1.54, 1.807) is 0 Å². The Balaban J connectivity index is 1.91. The van der Waals surface area contributed by atoms with Crippen LogP contribution in [-0.2, 0) is 16.0 Å². The number of esters is 1. The molecule has 4 heteroatoms. The highest BCUT2D eigenvalue weighted by atomic mass is 16.5. The number of carbonyl (C=O) groups excluding carboxylic acids is 1. The molecule has 1 aromatic rings. The average Bonchev–Trinajstić information content (AvgIpc) is 2.46. The molecule has 0 saturated carbocycles. The molecule has 1 aromatic carbocycles. The number of nitrogens with zero attached hydrogens (tertiary/aromatic N) is 1. The molecule has 1 aliphatic heterocycles. The predicted molar refractivity (Wildman–Crippen MR) is 74.8 cm³/mol. The van der Waals surface area contributed by atoms with Crippen LogP contribution >= 0.6 is 0 Å². The average molecular weight is 263 g/mol. The molecule has 0 atom stereocenters. The molecule has 0 fully saturated rings. The van der Waals surface area contributed by atoms with Gasteiger partial charge in [0.05, 0.1) is 13.7 Å². The molecule has 0 amide bonds. The smallest absolute Gasteiger partial charge is 0.305 e. The summed E-state index contributed by atoms with van der Waals surface area (Å²) >= 11 is 0. The Morgan fingerprint density at radius 3 is 3.11 bits per heavy atom. The Hall–Kier alpha value is -1.71. The van der Waals surface area contributed by atoms with E-state index in [0.29, 0.717) is 6.42 Å². The van der Waals surface area contributed by atoms with Crippen molar-refractivity contribution in [3.05, 3.63) is 23.8 Å². The maximum atomic E-state index is 11.1. The van der Waals surface area contributed by atoms with E-state index in [-0.39, 0.29) is 5.97 Å². The molecule has 0 aliphatic carbocycles. The second kappa shape index (κ2) is 6.45. The van der Waals surface area contributed by atoms with Crippen molar-refractivity contribution in [1.82, 2.24) is 0 Å². The summed E-state index contributed by atoms with van der Waals surface area (Å²) < 4.78 is 10.2. The Morgan fingerprint density at radius 2 is 2.32 bits per heavy atom. The molecule has 1 aliphatic rings. The molecule has 0 unspecified atom stereocenters. The molecule has 0 aromatic heterocycles. The topological polar surface area (TPSA) is 38.8 Å². The summed E-state index contributed by atoms with van der Waals surface area (Å²) in [5, 5.41) is 0. The maximum absolute atomic E-state index is 11.1. The molecule has 1 heterocycles. The summed E-state index contributed by atoms with van der Waals surface area (Å²) in [6.45, 7) is 1.66. The SMILES string of the molecule is COC(=O)CCCN(C)c1ccc2c(c1)CCCO2. The van der Waals surface area contributed by atoms with Crippen molar-refractivity contribution in [2.75, 3.05) is 32.2 Å². The molecule has 0 radical (unpaired) electrons. The number of aryl methyl sites for hydroxylation is 1. The highest BCUT2D eigenvalue weighted by Gasteiger charge is 2.12. The Kier molecular flexibility index (Phi) is 4.66. The normalized spacial score (nSPS) is 13.4. The molecule has 2 rings (SSSR count). The first-order chi connectivity index (χ1) is 9.20. The number of methoxy groups -OCH3 is 1. The Bertz CT molecular complexity index is 445. The first-order valence-corrected chi connectivity index (χ1v) is 6.74. The fourth-order valence-corrected chi connectivity index (χ4v) is 2.28. The second-order valence-corrected chi connectivity index (χ2v) is 4.85. The molecular formula is C15H21NO3. The lowest BCUT2D eigenvalue weighted by Crippen LogP contribution is -2.20. The summed E-state index contributed by atoms with van der Waals surface area (Å²) in [5.74, 6) is 0.866. The van der Waals surface area contributed by atoms with Gasteiger partial charge in [-0.2, -0.15) is 0 Å². The van der Waals surface area contributed by atoms with Gasteiger partial charge in [-0.1, -0.05) is 0 Å². The lowest BCUT2D eigenvalue weighted by Gasteiger charge is -2.23. The second-order valence-electron chi connectivity index (χ2n) is 4.85. The predicted octanol–water partition coefficient (Wildman–Crippen LogP) is 2.40. The minimum absolute atomic E-state index is 0.146. The van der Waals surface area contributed by atoms with Gasteiger partial charge < -0.3 is 14.4 Å². The summed E-state index contributed by atoms with van der Waals surface area (Å²) in [6, 6.07) is 6.30. The van der Waals surface area contributed by atoms with Gasteiger partial charge in [0.25, 0.3) is 0 Å². The van der Waals surface area contributed by atoms with Crippen LogP contribution in [0, 0.1) is 0 Å². The van der Waals surface area contributed by atoms with E-state index in [1.807, 2.05) is 13.1 Å². The van der Waals surface area contributed by atoms with Gasteiger partial charge in [0.15, 0.2) is 0 Å². The molecule has 0 bridgehead atoms. The van der Waals surface area contributed by atoms with Crippen LogP contribution in [0.25, 0.3) is 0 Å². The zero-order valence-electron chi connectivity index (χ0n) is 11.6. The molecular weight excluding hydrogens is 242 g/mol. The van der Waals surface area contributed by atoms with E-state index in [9.17, 15) is 4.79 Å². The number of anilines is 1. The van der Waals surface area contributed by atoms with Gasteiger partial charge in [-0.05, 0) is 43.0 Å². The number of benzene rings is 1. The third-order valence-corrected chi connectivity index (χ3v) is 3.43. The van der Waals surface area contributed by atoms with E-state index in [2.05, 4.69) is 21.8 Å². The van der Waals surface area contributed by atoms with Crippen LogP contribution < -0.4 is 9.64 Å². The maximum Gasteiger partial charge on any atom is 0.305 e. The third-order valence-electron chi connectivity index (χ3n) is 3.43. The summed E-state index contributed by atoms with van der Waals surface area (Å²) in [4.78, 5) is 13.2. The first-order valence-electron chi connectivity index (χ1n) is 6.74. The summed E-state index contributed by atoms with van der Waals surface area (Å²) in [5.41, 5.74) is 2.46. The van der Waals surface area contributed by atoms with Gasteiger partial charge in [0.1, 0.15) is 5.75 Å². The van der Waals surface area contributed by atoms with Crippen molar-refractivity contribution in [3.8, 4) is 5.75 Å². The fraction of sp³-hybridized carbons (Fsp3) is 0.533. The minimum Gasteiger partial charge on any atom is -0.493 e. The molecule has 0 N–H and O–H groups in total. The number of rotatable bonds is 5. The Morgan fingerprint density at radius 1 is 1.47 bits per heavy atom. The fourth-order valence-electron chi connectivity index (χ4n) is 2.28. The van der Waals surface area contributed by atoms with Crippen LogP contribution in [0.1, 0.15) is 24.8 Å². The van der Waals surface area contributed by atoms with Crippen LogP contribution in [-0.4, -0.2) is 33.3 Å². The molecule has 19 heavy (non-hydrogen) atoms. The lowest BCUT2D eigenvalue weighted by molar-refractivity contribution is -0.140. The Labute approximate surface area is 114 Å². The van der Waals surface area contributed by atoms with Gasteiger partial charge in [-0.3, -0.25) is 4.79 Å². The van der Waals surface area contributed by atoms with Crippen LogP contribution in [0.15, 0.2) is 18.2 Å². The van der Waals surface area contributed by atoms with Gasteiger partial charge in [-0.25, -0.2) is 0 Å². The van der Waals surface area contributed by atoms with Crippen LogP contribution in [0.3, 0.4) is 0 Å². The number of carbonyl (C=O) groups is 1. The van der Waals surface area contributed by atoms with E-state index in [0.717, 1.165) is 38.2 Å². The van der Waals surface area contributed by atoms with E-state index >= 15 is 0 Å².